The maximum atomic E-state index is 13.2. The highest BCUT2D eigenvalue weighted by Crippen LogP contribution is 2.37. The van der Waals surface area contributed by atoms with E-state index in [1.54, 1.807) is 24.3 Å². The van der Waals surface area contributed by atoms with E-state index in [9.17, 15) is 13.2 Å². The number of fused-ring (bicyclic) bond motifs is 1. The molecule has 214 valence electrons. The Labute approximate surface area is 249 Å². The lowest BCUT2D eigenvalue weighted by molar-refractivity contribution is 0.102. The maximum Gasteiger partial charge on any atom is 0.255 e. The molecule has 3 N–H and O–H groups in total. The van der Waals surface area contributed by atoms with Gasteiger partial charge in [-0.05, 0) is 79.6 Å². The summed E-state index contributed by atoms with van der Waals surface area (Å²) in [6, 6.07) is 24.0. The minimum absolute atomic E-state index is 0.245. The molecular weight excluding hydrogens is 569 g/mol. The Bertz CT molecular complexity index is 1860. The van der Waals surface area contributed by atoms with E-state index in [4.69, 9.17) is 4.98 Å². The number of nitrogens with zero attached hydrogens (tertiary/aromatic N) is 3. The fraction of sp³-hybridized carbons (Fsp3) is 0.161. The first kappa shape index (κ1) is 29.0. The van der Waals surface area contributed by atoms with Gasteiger partial charge >= 0.3 is 0 Å². The van der Waals surface area contributed by atoms with Crippen molar-refractivity contribution in [2.45, 2.75) is 36.5 Å². The van der Waals surface area contributed by atoms with Crippen LogP contribution in [0.15, 0.2) is 95.0 Å². The summed E-state index contributed by atoms with van der Waals surface area (Å²) in [6.07, 6.45) is 2.58. The van der Waals surface area contributed by atoms with Gasteiger partial charge in [-0.1, -0.05) is 43.3 Å². The molecule has 0 saturated heterocycles. The van der Waals surface area contributed by atoms with Crippen molar-refractivity contribution in [1.82, 2.24) is 15.0 Å². The molecule has 9 nitrogen and oxygen atoms in total. The first-order chi connectivity index (χ1) is 20.0. The highest BCUT2D eigenvalue weighted by molar-refractivity contribution is 7.99. The Hall–Kier alpha value is -4.48. The number of aromatic nitrogens is 3. The van der Waals surface area contributed by atoms with Crippen LogP contribution in [0.25, 0.3) is 11.0 Å². The molecule has 0 unspecified atom stereocenters. The summed E-state index contributed by atoms with van der Waals surface area (Å²) < 4.78 is 25.6. The molecule has 42 heavy (non-hydrogen) atoms. The summed E-state index contributed by atoms with van der Waals surface area (Å²) in [6.45, 7) is 6.15. The monoisotopic (exact) mass is 598 g/mol. The molecule has 0 radical (unpaired) electrons. The predicted octanol–water partition coefficient (Wildman–Crippen LogP) is 6.98. The van der Waals surface area contributed by atoms with Gasteiger partial charge in [0.25, 0.3) is 5.91 Å². The number of hydrogen-bond acceptors (Lipinski definition) is 8. The second kappa shape index (κ2) is 12.2. The number of pyridine rings is 1. The van der Waals surface area contributed by atoms with Crippen LogP contribution in [0.5, 0.6) is 0 Å². The number of benzene rings is 3. The Morgan fingerprint density at radius 3 is 2.29 bits per heavy atom. The van der Waals surface area contributed by atoms with Gasteiger partial charge in [0.05, 0.1) is 17.3 Å². The summed E-state index contributed by atoms with van der Waals surface area (Å²) in [5.41, 5.74) is 4.94. The van der Waals surface area contributed by atoms with Crippen LogP contribution in [0, 0.1) is 6.92 Å². The number of hydrogen-bond donors (Lipinski definition) is 3. The molecule has 1 amide bonds. The number of sulfonamides is 1. The van der Waals surface area contributed by atoms with Gasteiger partial charge in [0.1, 0.15) is 12.1 Å². The first-order valence-corrected chi connectivity index (χ1v) is 15.9. The number of aryl methyl sites for hydroxylation is 1. The quantitative estimate of drug-likeness (QED) is 0.166. The Kier molecular flexibility index (Phi) is 8.41. The van der Waals surface area contributed by atoms with Crippen LogP contribution in [0.2, 0.25) is 0 Å². The first-order valence-electron chi connectivity index (χ1n) is 13.2. The molecule has 5 rings (SSSR count). The van der Waals surface area contributed by atoms with E-state index in [-0.39, 0.29) is 11.8 Å². The van der Waals surface area contributed by atoms with Crippen LogP contribution in [-0.2, 0) is 10.0 Å². The second-order valence-corrected chi connectivity index (χ2v) is 13.0. The average Bonchev–Trinajstić information content (AvgIpc) is 2.95. The molecular formula is C31H30N6O3S2. The van der Waals surface area contributed by atoms with Crippen molar-refractivity contribution in [1.29, 1.82) is 0 Å². The number of rotatable bonds is 9. The van der Waals surface area contributed by atoms with Gasteiger partial charge in [-0.25, -0.2) is 23.4 Å². The zero-order valence-electron chi connectivity index (χ0n) is 23.5. The van der Waals surface area contributed by atoms with Crippen LogP contribution in [0.3, 0.4) is 0 Å². The third-order valence-corrected chi connectivity index (χ3v) is 7.99. The second-order valence-electron chi connectivity index (χ2n) is 10.1. The minimum atomic E-state index is -3.38. The standard InChI is InChI=1S/C31H30N6O3S2/c1-19(2)26-15-14-25-29(35-26)32-18-33-30(25)36-27-17-21(31(38)34-22-8-5-20(3)6-9-22)7-16-28(27)41-24-12-10-23(11-13-24)37-42(4,39)40/h5-19,37H,1-4H3,(H,34,38)(H,32,33,35,36). The van der Waals surface area contributed by atoms with Gasteiger partial charge < -0.3 is 10.6 Å². The third kappa shape index (κ3) is 7.23. The van der Waals surface area contributed by atoms with Crippen molar-refractivity contribution in [3.63, 3.8) is 0 Å². The SMILES string of the molecule is Cc1ccc(NC(=O)c2ccc(Sc3ccc(NS(C)(=O)=O)cc3)c(Nc3ncnc4nc(C(C)C)ccc34)c2)cc1. The van der Waals surface area contributed by atoms with E-state index in [2.05, 4.69) is 39.2 Å². The number of anilines is 4. The van der Waals surface area contributed by atoms with Crippen LogP contribution in [0.1, 0.15) is 41.4 Å². The molecule has 11 heteroatoms. The average molecular weight is 599 g/mol. The van der Waals surface area contributed by atoms with Crippen molar-refractivity contribution >= 4 is 61.6 Å². The normalized spacial score (nSPS) is 11.5. The molecule has 0 bridgehead atoms. The lowest BCUT2D eigenvalue weighted by Crippen LogP contribution is -2.12. The van der Waals surface area contributed by atoms with Gasteiger partial charge in [-0.3, -0.25) is 9.52 Å². The molecule has 0 saturated carbocycles. The maximum absolute atomic E-state index is 13.2. The van der Waals surface area contributed by atoms with Crippen molar-refractivity contribution in [3.8, 4) is 0 Å². The van der Waals surface area contributed by atoms with E-state index < -0.39 is 10.0 Å². The summed E-state index contributed by atoms with van der Waals surface area (Å²) in [7, 11) is -3.38. The lowest BCUT2D eigenvalue weighted by Gasteiger charge is -2.15. The molecule has 0 aliphatic rings. The van der Waals surface area contributed by atoms with Gasteiger partial charge in [-0.15, -0.1) is 0 Å². The summed E-state index contributed by atoms with van der Waals surface area (Å²) in [4.78, 5) is 28.5. The van der Waals surface area contributed by atoms with Crippen LogP contribution >= 0.6 is 11.8 Å². The van der Waals surface area contributed by atoms with Crippen molar-refractivity contribution in [3.05, 3.63) is 102 Å². The number of amides is 1. The zero-order chi connectivity index (χ0) is 29.9. The smallest absolute Gasteiger partial charge is 0.255 e. The Balaban J connectivity index is 1.49. The van der Waals surface area contributed by atoms with Crippen LogP contribution in [0.4, 0.5) is 22.9 Å². The highest BCUT2D eigenvalue weighted by atomic mass is 32.2. The molecule has 2 aromatic heterocycles. The number of nitrogens with one attached hydrogen (secondary N) is 3. The summed E-state index contributed by atoms with van der Waals surface area (Å²) in [5, 5.41) is 7.11. The minimum Gasteiger partial charge on any atom is -0.339 e. The Morgan fingerprint density at radius 2 is 1.60 bits per heavy atom. The lowest BCUT2D eigenvalue weighted by atomic mass is 10.1. The number of carbonyl (C=O) groups excluding carboxylic acids is 1. The molecule has 0 spiro atoms. The van der Waals surface area contributed by atoms with Crippen molar-refractivity contribution in [2.24, 2.45) is 0 Å². The molecule has 0 atom stereocenters. The van der Waals surface area contributed by atoms with Crippen LogP contribution < -0.4 is 15.4 Å². The molecule has 0 fully saturated rings. The number of carbonyl (C=O) groups is 1. The van der Waals surface area contributed by atoms with Crippen LogP contribution in [-0.4, -0.2) is 35.5 Å². The van der Waals surface area contributed by atoms with Gasteiger partial charge in [-0.2, -0.15) is 0 Å². The van der Waals surface area contributed by atoms with E-state index in [1.807, 2.05) is 61.5 Å². The topological polar surface area (TPSA) is 126 Å². The largest absolute Gasteiger partial charge is 0.339 e. The van der Waals surface area contributed by atoms with Gasteiger partial charge in [0.15, 0.2) is 5.65 Å². The summed E-state index contributed by atoms with van der Waals surface area (Å²) >= 11 is 1.47. The van der Waals surface area contributed by atoms with Gasteiger partial charge in [0, 0.05) is 32.4 Å². The fourth-order valence-corrected chi connectivity index (χ4v) is 5.58. The zero-order valence-corrected chi connectivity index (χ0v) is 25.2. The van der Waals surface area contributed by atoms with E-state index in [1.165, 1.54) is 18.1 Å². The molecule has 2 heterocycles. The fourth-order valence-electron chi connectivity index (χ4n) is 4.14. The molecule has 0 aliphatic heterocycles. The van der Waals surface area contributed by atoms with Crippen molar-refractivity contribution < 1.29 is 13.2 Å². The molecule has 0 aliphatic carbocycles. The van der Waals surface area contributed by atoms with Gasteiger partial charge in [0.2, 0.25) is 10.0 Å². The van der Waals surface area contributed by atoms with Crippen molar-refractivity contribution in [2.75, 3.05) is 21.6 Å². The molecule has 3 aromatic carbocycles. The van der Waals surface area contributed by atoms with E-state index >= 15 is 0 Å². The third-order valence-electron chi connectivity index (χ3n) is 6.30. The predicted molar refractivity (Wildman–Crippen MR) is 169 cm³/mol. The van der Waals surface area contributed by atoms with E-state index in [0.29, 0.717) is 34.1 Å². The highest BCUT2D eigenvalue weighted by Gasteiger charge is 2.15. The van der Waals surface area contributed by atoms with E-state index in [0.717, 1.165) is 32.7 Å². The summed E-state index contributed by atoms with van der Waals surface area (Å²) in [5.74, 6) is 0.574. The Morgan fingerprint density at radius 1 is 0.881 bits per heavy atom. The molecule has 5 aromatic rings.